The maximum atomic E-state index is 10.6. The maximum absolute atomic E-state index is 10.6. The van der Waals surface area contributed by atoms with Crippen molar-refractivity contribution in [3.8, 4) is 0 Å². The van der Waals surface area contributed by atoms with E-state index in [2.05, 4.69) is 0 Å². The molecule has 94 valence electrons. The van der Waals surface area contributed by atoms with E-state index >= 15 is 0 Å². The van der Waals surface area contributed by atoms with Crippen LogP contribution in [0.1, 0.15) is 0 Å². The van der Waals surface area contributed by atoms with Gasteiger partial charge in [-0.15, -0.1) is 0 Å². The van der Waals surface area contributed by atoms with Gasteiger partial charge >= 0.3 is 29.6 Å². The molecule has 0 radical (unpaired) electrons. The van der Waals surface area contributed by atoms with Crippen LogP contribution in [0.15, 0.2) is 23.1 Å². The van der Waals surface area contributed by atoms with Crippen molar-refractivity contribution in [1.29, 1.82) is 0 Å². The Kier molecular flexibility index (Phi) is 7.19. The average molecular weight is 288 g/mol. The summed E-state index contributed by atoms with van der Waals surface area (Å²) in [7, 11) is -5.04. The number of hydrogen-bond acceptors (Lipinski definition) is 7. The number of hydrogen-bond donors (Lipinski definition) is 0. The van der Waals surface area contributed by atoms with Gasteiger partial charge in [-0.05, 0) is 6.07 Å². The van der Waals surface area contributed by atoms with Gasteiger partial charge in [0.15, 0.2) is 0 Å². The number of nitrogens with zero attached hydrogens (tertiary/aromatic N) is 2. The monoisotopic (exact) mass is 288 g/mol. The molecule has 0 atom stereocenters. The molecular formula is C6H5N2NaO8S. The quantitative estimate of drug-likeness (QED) is 0.241. The molecule has 12 heteroatoms. The zero-order chi connectivity index (χ0) is 12.5. The molecule has 18 heavy (non-hydrogen) atoms. The van der Waals surface area contributed by atoms with Crippen LogP contribution in [0.3, 0.4) is 0 Å². The minimum atomic E-state index is -5.04. The first kappa shape index (κ1) is 19.2. The second-order valence-corrected chi connectivity index (χ2v) is 3.97. The van der Waals surface area contributed by atoms with Crippen molar-refractivity contribution in [2.75, 3.05) is 0 Å². The number of nitro benzene ring substituents is 2. The third-order valence-electron chi connectivity index (χ3n) is 1.62. The fourth-order valence-electron chi connectivity index (χ4n) is 0.973. The Balaban J connectivity index is 0. The molecule has 0 amide bonds. The molecule has 0 unspecified atom stereocenters. The standard InChI is InChI=1S/C6H4N2O7S.Na.H2O/c9-7(10)4-1-2-6(16(13,14)15)5(3-4)8(11)12;;/h1-3H,(H,13,14,15);;1H2/q;+1;/p-1. The van der Waals surface area contributed by atoms with Gasteiger partial charge in [-0.3, -0.25) is 20.2 Å². The fourth-order valence-corrected chi connectivity index (χ4v) is 1.60. The van der Waals surface area contributed by atoms with E-state index < -0.39 is 36.2 Å². The van der Waals surface area contributed by atoms with Gasteiger partial charge in [0.25, 0.3) is 11.4 Å². The molecule has 0 aromatic heterocycles. The van der Waals surface area contributed by atoms with Gasteiger partial charge in [-0.25, -0.2) is 8.42 Å². The van der Waals surface area contributed by atoms with Crippen molar-refractivity contribution in [2.24, 2.45) is 0 Å². The predicted octanol–water partition coefficient (Wildman–Crippen LogP) is -3.41. The molecule has 2 N–H and O–H groups in total. The van der Waals surface area contributed by atoms with Crippen molar-refractivity contribution in [3.05, 3.63) is 38.4 Å². The summed E-state index contributed by atoms with van der Waals surface area (Å²) in [6.45, 7) is 0. The Morgan fingerprint density at radius 1 is 1.06 bits per heavy atom. The Labute approximate surface area is 122 Å². The molecule has 1 rings (SSSR count). The van der Waals surface area contributed by atoms with E-state index in [1.165, 1.54) is 0 Å². The maximum Gasteiger partial charge on any atom is 1.00 e. The number of non-ortho nitro benzene ring substituents is 1. The first-order chi connectivity index (χ1) is 7.23. The molecule has 0 bridgehead atoms. The molecule has 0 aliphatic carbocycles. The minimum absolute atomic E-state index is 0. The predicted molar refractivity (Wildman–Crippen MR) is 51.3 cm³/mol. The van der Waals surface area contributed by atoms with Gasteiger partial charge in [0, 0.05) is 6.07 Å². The van der Waals surface area contributed by atoms with Crippen LogP contribution in [0.5, 0.6) is 0 Å². The van der Waals surface area contributed by atoms with Crippen molar-refractivity contribution in [1.82, 2.24) is 0 Å². The number of rotatable bonds is 3. The first-order valence-corrected chi connectivity index (χ1v) is 5.03. The number of nitro groups is 2. The van der Waals surface area contributed by atoms with E-state index in [1.807, 2.05) is 0 Å². The molecule has 1 aromatic carbocycles. The Hall–Kier alpha value is -1.11. The molecule has 10 nitrogen and oxygen atoms in total. The summed E-state index contributed by atoms with van der Waals surface area (Å²) in [5.74, 6) is 0. The topological polar surface area (TPSA) is 175 Å². The van der Waals surface area contributed by atoms with Gasteiger partial charge in [0.05, 0.1) is 15.9 Å². The van der Waals surface area contributed by atoms with Gasteiger partial charge in [-0.2, -0.15) is 0 Å². The van der Waals surface area contributed by atoms with Crippen LogP contribution in [0.2, 0.25) is 0 Å². The molecule has 0 saturated heterocycles. The molecule has 1 aromatic rings. The van der Waals surface area contributed by atoms with E-state index in [0.717, 1.165) is 0 Å². The summed E-state index contributed by atoms with van der Waals surface area (Å²) >= 11 is 0. The Bertz CT molecular complexity index is 571. The molecule has 0 aliphatic rings. The smallest absolute Gasteiger partial charge is 0.744 e. The summed E-state index contributed by atoms with van der Waals surface area (Å²) in [5.41, 5.74) is -1.77. The van der Waals surface area contributed by atoms with Crippen LogP contribution >= 0.6 is 0 Å². The zero-order valence-corrected chi connectivity index (χ0v) is 11.7. The average Bonchev–Trinajstić information content (AvgIpc) is 2.15. The van der Waals surface area contributed by atoms with E-state index in [4.69, 9.17) is 0 Å². The van der Waals surface area contributed by atoms with Crippen molar-refractivity contribution in [3.63, 3.8) is 0 Å². The summed E-state index contributed by atoms with van der Waals surface area (Å²) in [6.07, 6.45) is 0. The number of benzene rings is 1. The fraction of sp³-hybridized carbons (Fsp3) is 0. The van der Waals surface area contributed by atoms with Gasteiger partial charge in [0.2, 0.25) is 0 Å². The molecule has 0 saturated carbocycles. The van der Waals surface area contributed by atoms with Crippen molar-refractivity contribution < 1.29 is 57.9 Å². The molecule has 0 heterocycles. The Morgan fingerprint density at radius 3 is 1.89 bits per heavy atom. The largest absolute Gasteiger partial charge is 1.00 e. The van der Waals surface area contributed by atoms with Gasteiger partial charge < -0.3 is 10.0 Å². The first-order valence-electron chi connectivity index (χ1n) is 3.62. The summed E-state index contributed by atoms with van der Waals surface area (Å²) in [4.78, 5) is 17.5. The summed E-state index contributed by atoms with van der Waals surface area (Å²) in [6, 6.07) is 1.67. The van der Waals surface area contributed by atoms with Crippen LogP contribution in [0.25, 0.3) is 0 Å². The zero-order valence-electron chi connectivity index (χ0n) is 8.89. The van der Waals surface area contributed by atoms with Crippen LogP contribution < -0.4 is 29.6 Å². The third kappa shape index (κ3) is 4.29. The second kappa shape index (κ2) is 6.72. The van der Waals surface area contributed by atoms with Gasteiger partial charge in [-0.1, -0.05) is 0 Å². The second-order valence-electron chi connectivity index (χ2n) is 2.62. The van der Waals surface area contributed by atoms with E-state index in [0.29, 0.717) is 18.2 Å². The SMILES string of the molecule is O.O=[N+]([O-])c1ccc(S(=O)(=O)[O-])c([N+](=O)[O-])c1.[Na+]. The molecule has 0 spiro atoms. The van der Waals surface area contributed by atoms with E-state index in [-0.39, 0.29) is 35.0 Å². The molecular weight excluding hydrogens is 283 g/mol. The van der Waals surface area contributed by atoms with Crippen LogP contribution in [0.4, 0.5) is 11.4 Å². The van der Waals surface area contributed by atoms with Crippen molar-refractivity contribution >= 4 is 21.5 Å². The third-order valence-corrected chi connectivity index (χ3v) is 2.50. The molecule has 0 fully saturated rings. The minimum Gasteiger partial charge on any atom is -0.744 e. The Morgan fingerprint density at radius 2 is 1.56 bits per heavy atom. The molecule has 0 aliphatic heterocycles. The van der Waals surface area contributed by atoms with Crippen LogP contribution in [-0.4, -0.2) is 28.3 Å². The van der Waals surface area contributed by atoms with E-state index in [9.17, 15) is 33.2 Å². The van der Waals surface area contributed by atoms with Crippen molar-refractivity contribution in [2.45, 2.75) is 4.90 Å². The van der Waals surface area contributed by atoms with E-state index in [1.54, 1.807) is 0 Å². The van der Waals surface area contributed by atoms with Crippen LogP contribution in [0, 0.1) is 20.2 Å². The van der Waals surface area contributed by atoms with Gasteiger partial charge in [0.1, 0.15) is 15.0 Å². The summed E-state index contributed by atoms with van der Waals surface area (Å²) in [5, 5.41) is 20.7. The normalized spacial score (nSPS) is 9.83. The van der Waals surface area contributed by atoms with Crippen LogP contribution in [-0.2, 0) is 10.1 Å². The summed E-state index contributed by atoms with van der Waals surface area (Å²) < 4.78 is 31.8.